The van der Waals surface area contributed by atoms with E-state index in [0.29, 0.717) is 0 Å². The standard InChI is InChI=1S/C13H18N2/c1-11-9-13(2,3)7-5-12(10-14)6-8-15(11)4/h5-7,9H,8H2,1-4H3/b7-5-,11-9-,12-6+. The number of hydrogen-bond donors (Lipinski definition) is 0. The third kappa shape index (κ3) is 3.28. The highest BCUT2D eigenvalue weighted by atomic mass is 15.1. The quantitative estimate of drug-likeness (QED) is 0.604. The molecular formula is C13H18N2. The van der Waals surface area contributed by atoms with Gasteiger partial charge in [0.2, 0.25) is 0 Å². The van der Waals surface area contributed by atoms with E-state index in [-0.39, 0.29) is 5.41 Å². The predicted octanol–water partition coefficient (Wildman–Crippen LogP) is 2.87. The van der Waals surface area contributed by atoms with Crippen molar-refractivity contribution in [3.8, 4) is 6.07 Å². The van der Waals surface area contributed by atoms with Crippen molar-refractivity contribution < 1.29 is 0 Å². The molecule has 0 unspecified atom stereocenters. The zero-order valence-corrected chi connectivity index (χ0v) is 9.91. The van der Waals surface area contributed by atoms with Crippen LogP contribution in [0.25, 0.3) is 0 Å². The van der Waals surface area contributed by atoms with E-state index in [9.17, 15) is 0 Å². The fourth-order valence-corrected chi connectivity index (χ4v) is 1.53. The second-order valence-corrected chi connectivity index (χ2v) is 4.59. The SMILES string of the molecule is C/C1=C/C(C)(C)/C=C\C(C#N)=C/CN1C. The van der Waals surface area contributed by atoms with Crippen LogP contribution in [0.4, 0.5) is 0 Å². The Balaban J connectivity index is 3.10. The first-order valence-electron chi connectivity index (χ1n) is 5.15. The van der Waals surface area contributed by atoms with Gasteiger partial charge in [0.25, 0.3) is 0 Å². The van der Waals surface area contributed by atoms with Crippen molar-refractivity contribution >= 4 is 0 Å². The largest absolute Gasteiger partial charge is 0.375 e. The van der Waals surface area contributed by atoms with Crippen LogP contribution in [-0.2, 0) is 0 Å². The zero-order valence-electron chi connectivity index (χ0n) is 9.91. The Hall–Kier alpha value is -1.49. The highest BCUT2D eigenvalue weighted by Crippen LogP contribution is 2.23. The zero-order chi connectivity index (χ0) is 11.5. The van der Waals surface area contributed by atoms with Crippen molar-refractivity contribution in [1.82, 2.24) is 4.90 Å². The fourth-order valence-electron chi connectivity index (χ4n) is 1.53. The van der Waals surface area contributed by atoms with Gasteiger partial charge in [-0.2, -0.15) is 5.26 Å². The Morgan fingerprint density at radius 2 is 2.13 bits per heavy atom. The minimum absolute atomic E-state index is 0.00137. The molecule has 0 aromatic rings. The molecule has 0 amide bonds. The van der Waals surface area contributed by atoms with E-state index < -0.39 is 0 Å². The summed E-state index contributed by atoms with van der Waals surface area (Å²) in [7, 11) is 2.04. The molecule has 0 saturated carbocycles. The molecule has 0 aliphatic carbocycles. The van der Waals surface area contributed by atoms with Gasteiger partial charge in [-0.1, -0.05) is 26.0 Å². The summed E-state index contributed by atoms with van der Waals surface area (Å²) >= 11 is 0. The maximum absolute atomic E-state index is 8.92. The normalized spacial score (nSPS) is 29.7. The van der Waals surface area contributed by atoms with Gasteiger partial charge in [0.1, 0.15) is 0 Å². The van der Waals surface area contributed by atoms with Crippen molar-refractivity contribution in [1.29, 1.82) is 5.26 Å². The third-order valence-electron chi connectivity index (χ3n) is 2.59. The van der Waals surface area contributed by atoms with Crippen molar-refractivity contribution in [3.05, 3.63) is 35.6 Å². The van der Waals surface area contributed by atoms with Crippen LogP contribution < -0.4 is 0 Å². The first-order chi connectivity index (χ1) is 6.94. The number of hydrogen-bond acceptors (Lipinski definition) is 2. The van der Waals surface area contributed by atoms with Crippen LogP contribution in [-0.4, -0.2) is 18.5 Å². The summed E-state index contributed by atoms with van der Waals surface area (Å²) < 4.78 is 0. The van der Waals surface area contributed by atoms with Crippen LogP contribution in [0.1, 0.15) is 20.8 Å². The smallest absolute Gasteiger partial charge is 0.0988 e. The number of rotatable bonds is 0. The summed E-state index contributed by atoms with van der Waals surface area (Å²) in [4.78, 5) is 2.14. The van der Waals surface area contributed by atoms with Gasteiger partial charge in [0.05, 0.1) is 6.07 Å². The molecule has 0 atom stereocenters. The van der Waals surface area contributed by atoms with Crippen molar-refractivity contribution in [2.45, 2.75) is 20.8 Å². The molecule has 0 spiro atoms. The van der Waals surface area contributed by atoms with Crippen LogP contribution in [0.2, 0.25) is 0 Å². The van der Waals surface area contributed by atoms with Crippen LogP contribution in [0.3, 0.4) is 0 Å². The van der Waals surface area contributed by atoms with Crippen LogP contribution in [0.15, 0.2) is 35.6 Å². The second kappa shape index (κ2) is 4.35. The molecule has 2 heteroatoms. The Morgan fingerprint density at radius 3 is 2.73 bits per heavy atom. The first kappa shape index (κ1) is 11.6. The summed E-state index contributed by atoms with van der Waals surface area (Å²) in [5, 5.41) is 8.92. The molecule has 0 aromatic heterocycles. The number of likely N-dealkylation sites (N-methyl/N-ethyl adjacent to an activating group) is 1. The Labute approximate surface area is 92.2 Å². The lowest BCUT2D eigenvalue weighted by Crippen LogP contribution is -2.17. The predicted molar refractivity (Wildman–Crippen MR) is 63.0 cm³/mol. The van der Waals surface area contributed by atoms with Gasteiger partial charge in [-0.15, -0.1) is 0 Å². The first-order valence-corrected chi connectivity index (χ1v) is 5.15. The molecule has 0 saturated heterocycles. The maximum Gasteiger partial charge on any atom is 0.0988 e. The number of allylic oxidation sites excluding steroid dienone is 5. The van der Waals surface area contributed by atoms with Crippen molar-refractivity contribution in [2.24, 2.45) is 5.41 Å². The molecule has 1 heterocycles. The summed E-state index contributed by atoms with van der Waals surface area (Å²) in [5.41, 5.74) is 1.97. The molecule has 1 aliphatic rings. The molecule has 0 fully saturated rings. The number of nitriles is 1. The summed E-state index contributed by atoms with van der Waals surface area (Å²) in [5.74, 6) is 0. The minimum Gasteiger partial charge on any atom is -0.375 e. The van der Waals surface area contributed by atoms with Crippen LogP contribution in [0, 0.1) is 16.7 Å². The van der Waals surface area contributed by atoms with Gasteiger partial charge < -0.3 is 4.90 Å². The van der Waals surface area contributed by atoms with Crippen LogP contribution in [0.5, 0.6) is 0 Å². The Bertz CT molecular complexity index is 364. The summed E-state index contributed by atoms with van der Waals surface area (Å²) in [6, 6.07) is 2.20. The Kier molecular flexibility index (Phi) is 3.36. The minimum atomic E-state index is -0.00137. The van der Waals surface area contributed by atoms with Gasteiger partial charge in [-0.25, -0.2) is 0 Å². The second-order valence-electron chi connectivity index (χ2n) is 4.59. The van der Waals surface area contributed by atoms with Gasteiger partial charge in [0, 0.05) is 30.3 Å². The highest BCUT2D eigenvalue weighted by Gasteiger charge is 2.13. The summed E-state index contributed by atoms with van der Waals surface area (Å²) in [6.07, 6.45) is 8.15. The molecule has 2 nitrogen and oxygen atoms in total. The lowest BCUT2D eigenvalue weighted by Gasteiger charge is -2.22. The van der Waals surface area contributed by atoms with E-state index >= 15 is 0 Å². The topological polar surface area (TPSA) is 27.0 Å². The monoisotopic (exact) mass is 202 g/mol. The molecule has 80 valence electrons. The third-order valence-corrected chi connectivity index (χ3v) is 2.59. The molecule has 0 bridgehead atoms. The van der Waals surface area contributed by atoms with Crippen LogP contribution >= 0.6 is 0 Å². The molecule has 0 aromatic carbocycles. The average molecular weight is 202 g/mol. The Morgan fingerprint density at radius 1 is 1.47 bits per heavy atom. The fraction of sp³-hybridized carbons (Fsp3) is 0.462. The molecular weight excluding hydrogens is 184 g/mol. The van der Waals surface area contributed by atoms with Crippen molar-refractivity contribution in [2.75, 3.05) is 13.6 Å². The van der Waals surface area contributed by atoms with Gasteiger partial charge >= 0.3 is 0 Å². The van der Waals surface area contributed by atoms with E-state index in [2.05, 4.69) is 43.9 Å². The average Bonchev–Trinajstić information content (AvgIpc) is 2.19. The van der Waals surface area contributed by atoms with Crippen molar-refractivity contribution in [3.63, 3.8) is 0 Å². The molecule has 1 rings (SSSR count). The van der Waals surface area contributed by atoms with E-state index in [1.807, 2.05) is 19.2 Å². The van der Waals surface area contributed by atoms with E-state index in [1.54, 1.807) is 0 Å². The lowest BCUT2D eigenvalue weighted by molar-refractivity contribution is 0.452. The van der Waals surface area contributed by atoms with E-state index in [0.717, 1.165) is 12.1 Å². The molecule has 1 aliphatic heterocycles. The van der Waals surface area contributed by atoms with Gasteiger partial charge in [-0.05, 0) is 19.1 Å². The van der Waals surface area contributed by atoms with Gasteiger partial charge in [-0.3, -0.25) is 0 Å². The van der Waals surface area contributed by atoms with E-state index in [4.69, 9.17) is 5.26 Å². The lowest BCUT2D eigenvalue weighted by atomic mass is 9.91. The highest BCUT2D eigenvalue weighted by molar-refractivity contribution is 5.35. The molecule has 0 N–H and O–H groups in total. The maximum atomic E-state index is 8.92. The van der Waals surface area contributed by atoms with E-state index in [1.165, 1.54) is 5.70 Å². The summed E-state index contributed by atoms with van der Waals surface area (Å²) in [6.45, 7) is 7.16. The molecule has 15 heavy (non-hydrogen) atoms. The number of nitrogens with zero attached hydrogens (tertiary/aromatic N) is 2. The van der Waals surface area contributed by atoms with Gasteiger partial charge in [0.15, 0.2) is 0 Å². The molecule has 0 radical (unpaired) electrons.